The van der Waals surface area contributed by atoms with Crippen molar-refractivity contribution in [2.75, 3.05) is 6.54 Å². The summed E-state index contributed by atoms with van der Waals surface area (Å²) in [6.45, 7) is 1.35. The van der Waals surface area contributed by atoms with E-state index in [4.69, 9.17) is 11.6 Å². The lowest BCUT2D eigenvalue weighted by Gasteiger charge is -2.06. The second-order valence-electron chi connectivity index (χ2n) is 3.72. The van der Waals surface area contributed by atoms with Gasteiger partial charge in [-0.1, -0.05) is 11.6 Å². The first-order chi connectivity index (χ1) is 8.77. The quantitative estimate of drug-likeness (QED) is 0.661. The number of halogens is 1. The van der Waals surface area contributed by atoms with Crippen molar-refractivity contribution in [3.63, 3.8) is 0 Å². The predicted molar refractivity (Wildman–Crippen MR) is 68.4 cm³/mol. The van der Waals surface area contributed by atoms with E-state index in [0.717, 1.165) is 13.0 Å². The first kappa shape index (κ1) is 12.6. The van der Waals surface area contributed by atoms with Gasteiger partial charge in [0.05, 0.1) is 5.56 Å². The SMILES string of the molecule is O=C(NCCCn1cccn1)c1cccnc1Cl. The third-order valence-corrected chi connectivity index (χ3v) is 2.71. The van der Waals surface area contributed by atoms with Crippen molar-refractivity contribution in [3.05, 3.63) is 47.5 Å². The highest BCUT2D eigenvalue weighted by molar-refractivity contribution is 6.32. The maximum absolute atomic E-state index is 11.8. The smallest absolute Gasteiger partial charge is 0.254 e. The zero-order chi connectivity index (χ0) is 12.8. The maximum atomic E-state index is 11.8. The van der Waals surface area contributed by atoms with Crippen molar-refractivity contribution >= 4 is 17.5 Å². The zero-order valence-corrected chi connectivity index (χ0v) is 10.5. The zero-order valence-electron chi connectivity index (χ0n) is 9.71. The molecular formula is C12H13ClN4O. The molecule has 2 aromatic heterocycles. The minimum absolute atomic E-state index is 0.200. The van der Waals surface area contributed by atoms with Crippen LogP contribution in [0.15, 0.2) is 36.8 Å². The molecule has 0 atom stereocenters. The van der Waals surface area contributed by atoms with Gasteiger partial charge in [-0.2, -0.15) is 5.10 Å². The van der Waals surface area contributed by atoms with Crippen molar-refractivity contribution in [3.8, 4) is 0 Å². The van der Waals surface area contributed by atoms with E-state index in [-0.39, 0.29) is 11.1 Å². The van der Waals surface area contributed by atoms with Crippen LogP contribution in [-0.4, -0.2) is 27.2 Å². The second-order valence-corrected chi connectivity index (χ2v) is 4.08. The Labute approximate surface area is 110 Å². The molecule has 5 nitrogen and oxygen atoms in total. The Morgan fingerprint density at radius 1 is 1.39 bits per heavy atom. The summed E-state index contributed by atoms with van der Waals surface area (Å²) in [7, 11) is 0. The summed E-state index contributed by atoms with van der Waals surface area (Å²) in [5.41, 5.74) is 0.401. The lowest BCUT2D eigenvalue weighted by atomic mass is 10.2. The molecule has 0 saturated heterocycles. The van der Waals surface area contributed by atoms with Gasteiger partial charge >= 0.3 is 0 Å². The van der Waals surface area contributed by atoms with Crippen LogP contribution in [0.4, 0.5) is 0 Å². The number of aryl methyl sites for hydroxylation is 1. The highest BCUT2D eigenvalue weighted by atomic mass is 35.5. The monoisotopic (exact) mass is 264 g/mol. The van der Waals surface area contributed by atoms with E-state index in [1.165, 1.54) is 0 Å². The second kappa shape index (κ2) is 6.16. The van der Waals surface area contributed by atoms with Gasteiger partial charge in [0, 0.05) is 31.7 Å². The summed E-state index contributed by atoms with van der Waals surface area (Å²) in [5.74, 6) is -0.200. The van der Waals surface area contributed by atoms with Crippen molar-refractivity contribution in [2.24, 2.45) is 0 Å². The molecule has 6 heteroatoms. The molecule has 0 saturated carbocycles. The molecule has 2 rings (SSSR count). The number of aromatic nitrogens is 3. The minimum Gasteiger partial charge on any atom is -0.352 e. The number of amides is 1. The number of hydrogen-bond donors (Lipinski definition) is 1. The highest BCUT2D eigenvalue weighted by Crippen LogP contribution is 2.10. The number of nitrogens with zero attached hydrogens (tertiary/aromatic N) is 3. The van der Waals surface area contributed by atoms with Crippen LogP contribution in [0, 0.1) is 0 Å². The van der Waals surface area contributed by atoms with Gasteiger partial charge in [0.1, 0.15) is 5.15 Å². The fraction of sp³-hybridized carbons (Fsp3) is 0.250. The summed E-state index contributed by atoms with van der Waals surface area (Å²) >= 11 is 5.83. The molecule has 1 amide bonds. The van der Waals surface area contributed by atoms with Gasteiger partial charge in [0.15, 0.2) is 0 Å². The normalized spacial score (nSPS) is 10.3. The van der Waals surface area contributed by atoms with Crippen LogP contribution in [0.2, 0.25) is 5.15 Å². The molecule has 2 heterocycles. The molecule has 2 aromatic rings. The molecular weight excluding hydrogens is 252 g/mol. The van der Waals surface area contributed by atoms with Crippen LogP contribution in [0.1, 0.15) is 16.8 Å². The summed E-state index contributed by atoms with van der Waals surface area (Å²) in [4.78, 5) is 15.6. The molecule has 0 spiro atoms. The number of carbonyl (C=O) groups is 1. The third kappa shape index (κ3) is 3.30. The molecule has 0 fully saturated rings. The van der Waals surface area contributed by atoms with Gasteiger partial charge in [-0.05, 0) is 24.6 Å². The van der Waals surface area contributed by atoms with Gasteiger partial charge < -0.3 is 5.32 Å². The van der Waals surface area contributed by atoms with Crippen LogP contribution in [-0.2, 0) is 6.54 Å². The summed E-state index contributed by atoms with van der Waals surface area (Å²) in [6.07, 6.45) is 5.98. The Kier molecular flexibility index (Phi) is 4.30. The number of hydrogen-bond acceptors (Lipinski definition) is 3. The fourth-order valence-corrected chi connectivity index (χ4v) is 1.73. The molecule has 0 aromatic carbocycles. The van der Waals surface area contributed by atoms with Crippen LogP contribution < -0.4 is 5.32 Å². The highest BCUT2D eigenvalue weighted by Gasteiger charge is 2.09. The van der Waals surface area contributed by atoms with Crippen molar-refractivity contribution in [2.45, 2.75) is 13.0 Å². The average molecular weight is 265 g/mol. The molecule has 1 N–H and O–H groups in total. The van der Waals surface area contributed by atoms with Crippen molar-refractivity contribution in [1.82, 2.24) is 20.1 Å². The number of carbonyl (C=O) groups excluding carboxylic acids is 1. The largest absolute Gasteiger partial charge is 0.352 e. The molecule has 0 aliphatic heterocycles. The first-order valence-corrected chi connectivity index (χ1v) is 6.01. The molecule has 94 valence electrons. The molecule has 0 bridgehead atoms. The van der Waals surface area contributed by atoms with Crippen molar-refractivity contribution in [1.29, 1.82) is 0 Å². The number of pyridine rings is 1. The number of nitrogens with one attached hydrogen (secondary N) is 1. The summed E-state index contributed by atoms with van der Waals surface area (Å²) < 4.78 is 1.82. The van der Waals surface area contributed by atoms with Crippen LogP contribution in [0.25, 0.3) is 0 Å². The molecule has 0 unspecified atom stereocenters. The van der Waals surface area contributed by atoms with E-state index in [1.54, 1.807) is 24.5 Å². The lowest BCUT2D eigenvalue weighted by molar-refractivity contribution is 0.0952. The van der Waals surface area contributed by atoms with E-state index >= 15 is 0 Å². The van der Waals surface area contributed by atoms with Crippen LogP contribution >= 0.6 is 11.6 Å². The maximum Gasteiger partial charge on any atom is 0.254 e. The van der Waals surface area contributed by atoms with Gasteiger partial charge in [-0.3, -0.25) is 9.48 Å². The first-order valence-electron chi connectivity index (χ1n) is 5.63. The molecule has 0 aliphatic rings. The van der Waals surface area contributed by atoms with E-state index < -0.39 is 0 Å². The Morgan fingerprint density at radius 3 is 3.00 bits per heavy atom. The molecule has 18 heavy (non-hydrogen) atoms. The van der Waals surface area contributed by atoms with Gasteiger partial charge in [0.2, 0.25) is 0 Å². The van der Waals surface area contributed by atoms with E-state index in [1.807, 2.05) is 16.9 Å². The topological polar surface area (TPSA) is 59.8 Å². The molecule has 0 radical (unpaired) electrons. The van der Waals surface area contributed by atoms with E-state index in [9.17, 15) is 4.79 Å². The predicted octanol–water partition coefficient (Wildman–Crippen LogP) is 1.75. The number of rotatable bonds is 5. The lowest BCUT2D eigenvalue weighted by Crippen LogP contribution is -2.25. The van der Waals surface area contributed by atoms with Gasteiger partial charge in [0.25, 0.3) is 5.91 Å². The Morgan fingerprint density at radius 2 is 2.28 bits per heavy atom. The van der Waals surface area contributed by atoms with Crippen LogP contribution in [0.3, 0.4) is 0 Å². The molecule has 0 aliphatic carbocycles. The van der Waals surface area contributed by atoms with Crippen LogP contribution in [0.5, 0.6) is 0 Å². The van der Waals surface area contributed by atoms with Gasteiger partial charge in [-0.25, -0.2) is 4.98 Å². The van der Waals surface area contributed by atoms with Crippen molar-refractivity contribution < 1.29 is 4.79 Å². The Balaban J connectivity index is 1.77. The van der Waals surface area contributed by atoms with E-state index in [2.05, 4.69) is 15.4 Å². The van der Waals surface area contributed by atoms with E-state index in [0.29, 0.717) is 12.1 Å². The summed E-state index contributed by atoms with van der Waals surface area (Å²) in [5, 5.41) is 7.10. The minimum atomic E-state index is -0.200. The Hall–Kier alpha value is -1.88. The third-order valence-electron chi connectivity index (χ3n) is 2.41. The standard InChI is InChI=1S/C12H13ClN4O/c13-11-10(4-1-5-14-11)12(18)15-6-2-8-17-9-3-7-16-17/h1,3-5,7,9H,2,6,8H2,(H,15,18). The summed E-state index contributed by atoms with van der Waals surface area (Å²) in [6, 6.07) is 5.21. The Bertz CT molecular complexity index is 513. The van der Waals surface area contributed by atoms with Gasteiger partial charge in [-0.15, -0.1) is 0 Å². The fourth-order valence-electron chi connectivity index (χ4n) is 1.53. The average Bonchev–Trinajstić information content (AvgIpc) is 2.88.